The van der Waals surface area contributed by atoms with E-state index in [0.717, 1.165) is 48.1 Å². The van der Waals surface area contributed by atoms with Crippen molar-refractivity contribution >= 4 is 35.0 Å². The second-order valence-corrected chi connectivity index (χ2v) is 8.24. The zero-order valence-corrected chi connectivity index (χ0v) is 18.1. The van der Waals surface area contributed by atoms with Crippen molar-refractivity contribution in [2.24, 2.45) is 11.7 Å². The standard InChI is InChI=1S/C23H25N5O2S/c1-31-23-25-11-14-28(23)18-6-4-5-17(15-18)22(30)26-19-7-2-3-8-20(19)27-12-9-16(10-13-27)21(24)29/h2-8,11,14-16H,9-10,12-13H2,1H3,(H2,24,29)(H,26,30). The molecule has 0 saturated carbocycles. The summed E-state index contributed by atoms with van der Waals surface area (Å²) in [7, 11) is 0. The molecule has 4 rings (SSSR count). The molecule has 7 nitrogen and oxygen atoms in total. The summed E-state index contributed by atoms with van der Waals surface area (Å²) in [5, 5.41) is 3.92. The summed E-state index contributed by atoms with van der Waals surface area (Å²) < 4.78 is 1.96. The molecule has 0 radical (unpaired) electrons. The van der Waals surface area contributed by atoms with Gasteiger partial charge in [-0.2, -0.15) is 0 Å². The Kier molecular flexibility index (Phi) is 6.27. The molecular weight excluding hydrogens is 410 g/mol. The van der Waals surface area contributed by atoms with Crippen LogP contribution in [0.3, 0.4) is 0 Å². The average Bonchev–Trinajstić information content (AvgIpc) is 3.28. The summed E-state index contributed by atoms with van der Waals surface area (Å²) in [5.41, 5.74) is 8.62. The Morgan fingerprint density at radius 1 is 1.13 bits per heavy atom. The second-order valence-electron chi connectivity index (χ2n) is 7.47. The molecule has 2 amide bonds. The topological polar surface area (TPSA) is 93.2 Å². The number of nitrogens with two attached hydrogens (primary N) is 1. The van der Waals surface area contributed by atoms with Gasteiger partial charge in [0, 0.05) is 42.7 Å². The Hall–Kier alpha value is -3.26. The van der Waals surface area contributed by atoms with Crippen molar-refractivity contribution in [3.05, 3.63) is 66.5 Å². The van der Waals surface area contributed by atoms with Crippen molar-refractivity contribution in [3.8, 4) is 5.69 Å². The van der Waals surface area contributed by atoms with Crippen molar-refractivity contribution in [1.29, 1.82) is 0 Å². The number of nitrogens with one attached hydrogen (secondary N) is 1. The molecular formula is C23H25N5O2S. The van der Waals surface area contributed by atoms with Crippen molar-refractivity contribution in [2.75, 3.05) is 29.6 Å². The smallest absolute Gasteiger partial charge is 0.255 e. The van der Waals surface area contributed by atoms with Gasteiger partial charge in [-0.05, 0) is 49.4 Å². The quantitative estimate of drug-likeness (QED) is 0.578. The predicted octanol–water partition coefficient (Wildman–Crippen LogP) is 3.55. The van der Waals surface area contributed by atoms with Crippen LogP contribution in [-0.2, 0) is 4.79 Å². The van der Waals surface area contributed by atoms with E-state index in [1.807, 2.05) is 59.5 Å². The highest BCUT2D eigenvalue weighted by Crippen LogP contribution is 2.30. The van der Waals surface area contributed by atoms with E-state index < -0.39 is 0 Å². The third-order valence-corrected chi connectivity index (χ3v) is 6.23. The number of carbonyl (C=O) groups is 2. The third-order valence-electron chi connectivity index (χ3n) is 5.57. The minimum Gasteiger partial charge on any atom is -0.370 e. The highest BCUT2D eigenvalue weighted by atomic mass is 32.2. The summed E-state index contributed by atoms with van der Waals surface area (Å²) in [6.07, 6.45) is 7.05. The first-order chi connectivity index (χ1) is 15.1. The van der Waals surface area contributed by atoms with Crippen LogP contribution in [0.1, 0.15) is 23.2 Å². The maximum atomic E-state index is 13.0. The summed E-state index contributed by atoms with van der Waals surface area (Å²) >= 11 is 1.55. The average molecular weight is 436 g/mol. The number of amides is 2. The van der Waals surface area contributed by atoms with Crippen LogP contribution in [0, 0.1) is 5.92 Å². The zero-order chi connectivity index (χ0) is 21.8. The highest BCUT2D eigenvalue weighted by molar-refractivity contribution is 7.98. The van der Waals surface area contributed by atoms with E-state index in [1.165, 1.54) is 0 Å². The molecule has 1 aliphatic rings. The van der Waals surface area contributed by atoms with Crippen LogP contribution < -0.4 is 16.0 Å². The number of primary amides is 1. The van der Waals surface area contributed by atoms with Gasteiger partial charge in [-0.3, -0.25) is 14.2 Å². The van der Waals surface area contributed by atoms with E-state index >= 15 is 0 Å². The lowest BCUT2D eigenvalue weighted by Crippen LogP contribution is -2.38. The van der Waals surface area contributed by atoms with E-state index in [1.54, 1.807) is 24.0 Å². The number of piperidine rings is 1. The fourth-order valence-electron chi connectivity index (χ4n) is 3.89. The Morgan fingerprint density at radius 3 is 2.65 bits per heavy atom. The minimum atomic E-state index is -0.233. The van der Waals surface area contributed by atoms with Crippen LogP contribution in [-0.4, -0.2) is 40.7 Å². The lowest BCUT2D eigenvalue weighted by molar-refractivity contribution is -0.122. The molecule has 1 aliphatic heterocycles. The van der Waals surface area contributed by atoms with Gasteiger partial charge in [0.1, 0.15) is 0 Å². The van der Waals surface area contributed by atoms with Crippen LogP contribution in [0.25, 0.3) is 5.69 Å². The summed E-state index contributed by atoms with van der Waals surface area (Å²) in [4.78, 5) is 31.0. The van der Waals surface area contributed by atoms with Crippen LogP contribution in [0.15, 0.2) is 66.1 Å². The summed E-state index contributed by atoms with van der Waals surface area (Å²) in [6, 6.07) is 15.2. The first-order valence-electron chi connectivity index (χ1n) is 10.2. The number of aromatic nitrogens is 2. The van der Waals surface area contributed by atoms with Gasteiger partial charge < -0.3 is 16.0 Å². The van der Waals surface area contributed by atoms with Crippen LogP contribution >= 0.6 is 11.8 Å². The SMILES string of the molecule is CSc1nccn1-c1cccc(C(=O)Nc2ccccc2N2CCC(C(N)=O)CC2)c1. The molecule has 0 aliphatic carbocycles. The molecule has 0 bridgehead atoms. The Labute approximate surface area is 185 Å². The highest BCUT2D eigenvalue weighted by Gasteiger charge is 2.24. The van der Waals surface area contributed by atoms with E-state index in [0.29, 0.717) is 5.56 Å². The normalized spacial score (nSPS) is 14.4. The fraction of sp³-hybridized carbons (Fsp3) is 0.261. The Bertz CT molecular complexity index is 1090. The first kappa shape index (κ1) is 21.0. The fourth-order valence-corrected chi connectivity index (χ4v) is 4.42. The Balaban J connectivity index is 1.52. The number of hydrogen-bond acceptors (Lipinski definition) is 5. The van der Waals surface area contributed by atoms with E-state index in [-0.39, 0.29) is 17.7 Å². The molecule has 1 fully saturated rings. The van der Waals surface area contributed by atoms with Crippen LogP contribution in [0.2, 0.25) is 0 Å². The number of rotatable bonds is 6. The van der Waals surface area contributed by atoms with Crippen molar-refractivity contribution in [3.63, 3.8) is 0 Å². The van der Waals surface area contributed by atoms with Gasteiger partial charge in [-0.15, -0.1) is 0 Å². The number of thioether (sulfide) groups is 1. The van der Waals surface area contributed by atoms with Gasteiger partial charge in [0.25, 0.3) is 5.91 Å². The number of imidazole rings is 1. The monoisotopic (exact) mass is 435 g/mol. The number of carbonyl (C=O) groups excluding carboxylic acids is 2. The van der Waals surface area contributed by atoms with E-state index in [2.05, 4.69) is 15.2 Å². The zero-order valence-electron chi connectivity index (χ0n) is 17.3. The van der Waals surface area contributed by atoms with Gasteiger partial charge in [0.05, 0.1) is 11.4 Å². The van der Waals surface area contributed by atoms with Crippen LogP contribution in [0.5, 0.6) is 0 Å². The van der Waals surface area contributed by atoms with E-state index in [4.69, 9.17) is 5.73 Å². The number of anilines is 2. The molecule has 1 aromatic heterocycles. The van der Waals surface area contributed by atoms with Crippen molar-refractivity contribution < 1.29 is 9.59 Å². The Morgan fingerprint density at radius 2 is 1.90 bits per heavy atom. The molecule has 2 aromatic carbocycles. The van der Waals surface area contributed by atoms with Gasteiger partial charge in [-0.1, -0.05) is 30.0 Å². The molecule has 3 N–H and O–H groups in total. The lowest BCUT2D eigenvalue weighted by atomic mass is 9.96. The first-order valence-corrected chi connectivity index (χ1v) is 11.4. The molecule has 0 spiro atoms. The van der Waals surface area contributed by atoms with Gasteiger partial charge in [-0.25, -0.2) is 4.98 Å². The van der Waals surface area contributed by atoms with Crippen molar-refractivity contribution in [1.82, 2.24) is 9.55 Å². The van der Waals surface area contributed by atoms with E-state index in [9.17, 15) is 9.59 Å². The molecule has 31 heavy (non-hydrogen) atoms. The lowest BCUT2D eigenvalue weighted by Gasteiger charge is -2.33. The molecule has 0 atom stereocenters. The predicted molar refractivity (Wildman–Crippen MR) is 124 cm³/mol. The summed E-state index contributed by atoms with van der Waals surface area (Å²) in [6.45, 7) is 1.46. The molecule has 0 unspecified atom stereocenters. The van der Waals surface area contributed by atoms with Crippen LogP contribution in [0.4, 0.5) is 11.4 Å². The van der Waals surface area contributed by atoms with Gasteiger partial charge >= 0.3 is 0 Å². The number of hydrogen-bond donors (Lipinski definition) is 2. The maximum Gasteiger partial charge on any atom is 0.255 e. The third kappa shape index (κ3) is 4.59. The largest absolute Gasteiger partial charge is 0.370 e. The molecule has 160 valence electrons. The van der Waals surface area contributed by atoms with Crippen molar-refractivity contribution in [2.45, 2.75) is 18.0 Å². The number of nitrogens with zero attached hydrogens (tertiary/aromatic N) is 3. The maximum absolute atomic E-state index is 13.0. The molecule has 2 heterocycles. The number of para-hydroxylation sites is 2. The molecule has 1 saturated heterocycles. The summed E-state index contributed by atoms with van der Waals surface area (Å²) in [5.74, 6) is -0.481. The molecule has 8 heteroatoms. The van der Waals surface area contributed by atoms with Gasteiger partial charge in [0.15, 0.2) is 5.16 Å². The van der Waals surface area contributed by atoms with Gasteiger partial charge in [0.2, 0.25) is 5.91 Å². The minimum absolute atomic E-state index is 0.0740. The second kappa shape index (κ2) is 9.26. The molecule has 3 aromatic rings. The number of benzene rings is 2.